The summed E-state index contributed by atoms with van der Waals surface area (Å²) in [6.07, 6.45) is -2.39. The summed E-state index contributed by atoms with van der Waals surface area (Å²) in [5.74, 6) is -3.44. The maximum absolute atomic E-state index is 13.2. The second kappa shape index (κ2) is 10.6. The fourth-order valence-electron chi connectivity index (χ4n) is 4.43. The SMILES string of the molecule is C[C@@H](COCCC(=O)N1CCN2c3ncc(Cl)cc3N(C)C(=O)[C@H]2C1)N=C1C=NNC(=O)C1C(F)(F)F. The van der Waals surface area contributed by atoms with Crippen molar-refractivity contribution in [3.63, 3.8) is 0 Å². The Morgan fingerprint density at radius 1 is 1.35 bits per heavy atom. The molecule has 1 unspecified atom stereocenters. The number of carbonyl (C=O) groups is 3. The zero-order chi connectivity index (χ0) is 26.9. The van der Waals surface area contributed by atoms with E-state index in [1.54, 1.807) is 23.4 Å². The fourth-order valence-corrected chi connectivity index (χ4v) is 4.58. The molecule has 3 amide bonds. The Morgan fingerprint density at radius 3 is 2.84 bits per heavy atom. The first kappa shape index (κ1) is 26.8. The van der Waals surface area contributed by atoms with Gasteiger partial charge >= 0.3 is 6.18 Å². The van der Waals surface area contributed by atoms with E-state index < -0.39 is 35.8 Å². The number of aliphatic imine (C=N–C) groups is 1. The third-order valence-electron chi connectivity index (χ3n) is 6.24. The number of hydrazone groups is 1. The molecule has 0 radical (unpaired) electrons. The Hall–Kier alpha value is -3.26. The maximum atomic E-state index is 13.2. The molecule has 37 heavy (non-hydrogen) atoms. The van der Waals surface area contributed by atoms with Crippen LogP contribution in [0, 0.1) is 5.92 Å². The number of hydrogen-bond donors (Lipinski definition) is 1. The molecule has 3 aliphatic rings. The number of nitrogens with one attached hydrogen (secondary N) is 1. The van der Waals surface area contributed by atoms with Crippen molar-refractivity contribution in [2.75, 3.05) is 49.7 Å². The Kier molecular flexibility index (Phi) is 7.69. The molecule has 3 atom stereocenters. The third-order valence-corrected chi connectivity index (χ3v) is 6.45. The number of aromatic nitrogens is 1. The number of nitrogens with zero attached hydrogens (tertiary/aromatic N) is 6. The van der Waals surface area contributed by atoms with Crippen LogP contribution < -0.4 is 15.2 Å². The maximum Gasteiger partial charge on any atom is 0.406 e. The lowest BCUT2D eigenvalue weighted by Gasteiger charge is -2.46. The van der Waals surface area contributed by atoms with E-state index in [2.05, 4.69) is 15.1 Å². The van der Waals surface area contributed by atoms with Gasteiger partial charge in [0.05, 0.1) is 54.9 Å². The van der Waals surface area contributed by atoms with Gasteiger partial charge in [-0.2, -0.15) is 18.3 Å². The molecule has 15 heteroatoms. The average molecular weight is 544 g/mol. The van der Waals surface area contributed by atoms with E-state index in [9.17, 15) is 27.6 Å². The minimum Gasteiger partial charge on any atom is -0.379 e. The summed E-state index contributed by atoms with van der Waals surface area (Å²) in [4.78, 5) is 50.5. The summed E-state index contributed by atoms with van der Waals surface area (Å²) >= 11 is 6.03. The number of amides is 3. The van der Waals surface area contributed by atoms with E-state index in [1.165, 1.54) is 18.0 Å². The Labute approximate surface area is 215 Å². The molecular formula is C22H25ClF3N7O4. The van der Waals surface area contributed by atoms with Gasteiger partial charge in [-0.05, 0) is 13.0 Å². The normalized spacial score (nSPS) is 23.6. The topological polar surface area (TPSA) is 120 Å². The number of alkyl halides is 3. The van der Waals surface area contributed by atoms with Crippen molar-refractivity contribution in [3.05, 3.63) is 17.3 Å². The second-order valence-corrected chi connectivity index (χ2v) is 9.32. The van der Waals surface area contributed by atoms with Crippen LogP contribution in [-0.2, 0) is 19.1 Å². The van der Waals surface area contributed by atoms with Crippen molar-refractivity contribution in [1.82, 2.24) is 15.3 Å². The summed E-state index contributed by atoms with van der Waals surface area (Å²) in [5.41, 5.74) is 1.90. The van der Waals surface area contributed by atoms with Crippen molar-refractivity contribution in [2.45, 2.75) is 31.6 Å². The van der Waals surface area contributed by atoms with E-state index in [4.69, 9.17) is 16.3 Å². The van der Waals surface area contributed by atoms with E-state index in [-0.39, 0.29) is 38.0 Å². The van der Waals surface area contributed by atoms with Gasteiger partial charge in [-0.3, -0.25) is 19.4 Å². The van der Waals surface area contributed by atoms with Crippen LogP contribution in [0.1, 0.15) is 13.3 Å². The minimum absolute atomic E-state index is 0.0208. The monoisotopic (exact) mass is 543 g/mol. The molecule has 4 rings (SSSR count). The first-order valence-corrected chi connectivity index (χ1v) is 11.9. The summed E-state index contributed by atoms with van der Waals surface area (Å²) in [7, 11) is 1.64. The predicted octanol–water partition coefficient (Wildman–Crippen LogP) is 1.26. The van der Waals surface area contributed by atoms with Crippen molar-refractivity contribution < 1.29 is 32.3 Å². The number of likely N-dealkylation sites (N-methyl/N-ethyl adjacent to an activating group) is 1. The molecule has 0 spiro atoms. The van der Waals surface area contributed by atoms with Gasteiger partial charge in [-0.25, -0.2) is 10.4 Å². The van der Waals surface area contributed by atoms with Gasteiger partial charge in [0, 0.05) is 26.3 Å². The average Bonchev–Trinajstić information content (AvgIpc) is 2.84. The standard InChI is InChI=1S/C22H25ClF3N7O4/c1-12(29-14-9-28-30-20(35)18(14)22(24,25)26)11-37-6-3-17(34)32-4-5-33-16(10-32)21(36)31(2)15-7-13(23)8-27-19(15)33/h7-9,12,16,18H,3-6,10-11H2,1-2H3,(H,30,35)/t12-,16+,18?/m0/s1. The molecule has 3 aliphatic heterocycles. The zero-order valence-corrected chi connectivity index (χ0v) is 20.8. The van der Waals surface area contributed by atoms with Gasteiger partial charge in [0.25, 0.3) is 11.8 Å². The number of piperazine rings is 1. The van der Waals surface area contributed by atoms with Gasteiger partial charge in [-0.15, -0.1) is 0 Å². The lowest BCUT2D eigenvalue weighted by Crippen LogP contribution is -2.63. The number of ether oxygens (including phenoxy) is 1. The highest BCUT2D eigenvalue weighted by molar-refractivity contribution is 6.37. The van der Waals surface area contributed by atoms with E-state index in [0.717, 1.165) is 6.21 Å². The molecule has 1 fully saturated rings. The summed E-state index contributed by atoms with van der Waals surface area (Å²) in [5, 5.41) is 3.82. The molecule has 11 nitrogen and oxygen atoms in total. The minimum atomic E-state index is -4.80. The first-order chi connectivity index (χ1) is 17.5. The third kappa shape index (κ3) is 5.69. The van der Waals surface area contributed by atoms with Crippen LogP contribution in [0.3, 0.4) is 0 Å². The first-order valence-electron chi connectivity index (χ1n) is 11.5. The summed E-state index contributed by atoms with van der Waals surface area (Å²) in [6.45, 7) is 2.50. The quantitative estimate of drug-likeness (QED) is 0.540. The Balaban J connectivity index is 1.28. The number of pyridine rings is 1. The highest BCUT2D eigenvalue weighted by Gasteiger charge is 2.49. The van der Waals surface area contributed by atoms with Crippen LogP contribution in [0.25, 0.3) is 0 Å². The van der Waals surface area contributed by atoms with E-state index in [1.807, 2.05) is 4.90 Å². The molecule has 200 valence electrons. The predicted molar refractivity (Wildman–Crippen MR) is 129 cm³/mol. The van der Waals surface area contributed by atoms with Gasteiger partial charge in [0.2, 0.25) is 5.91 Å². The largest absolute Gasteiger partial charge is 0.406 e. The van der Waals surface area contributed by atoms with E-state index in [0.29, 0.717) is 29.6 Å². The lowest BCUT2D eigenvalue weighted by molar-refractivity contribution is -0.168. The molecular weight excluding hydrogens is 519 g/mol. The van der Waals surface area contributed by atoms with Gasteiger partial charge in [0.15, 0.2) is 11.7 Å². The van der Waals surface area contributed by atoms with Crippen molar-refractivity contribution >= 4 is 52.8 Å². The number of halogens is 4. The summed E-state index contributed by atoms with van der Waals surface area (Å²) in [6, 6.07) is 0.404. The highest BCUT2D eigenvalue weighted by atomic mass is 35.5. The molecule has 1 aromatic rings. The number of fused-ring (bicyclic) bond motifs is 3. The molecule has 1 aromatic heterocycles. The lowest BCUT2D eigenvalue weighted by atomic mass is 10.0. The van der Waals surface area contributed by atoms with Crippen LogP contribution in [0.4, 0.5) is 24.7 Å². The molecule has 0 aliphatic carbocycles. The van der Waals surface area contributed by atoms with Crippen LogP contribution in [-0.4, -0.2) is 97.7 Å². The van der Waals surface area contributed by atoms with Crippen LogP contribution in [0.15, 0.2) is 22.4 Å². The second-order valence-electron chi connectivity index (χ2n) is 8.88. The number of hydrogen-bond acceptors (Lipinski definition) is 8. The number of anilines is 2. The molecule has 0 saturated carbocycles. The molecule has 1 N–H and O–H groups in total. The fraction of sp³-hybridized carbons (Fsp3) is 0.545. The number of rotatable bonds is 6. The van der Waals surface area contributed by atoms with Crippen LogP contribution in [0.2, 0.25) is 5.02 Å². The van der Waals surface area contributed by atoms with Crippen molar-refractivity contribution in [2.24, 2.45) is 16.0 Å². The van der Waals surface area contributed by atoms with Gasteiger partial charge in [0.1, 0.15) is 6.04 Å². The molecule has 0 bridgehead atoms. The van der Waals surface area contributed by atoms with Crippen molar-refractivity contribution in [3.8, 4) is 0 Å². The van der Waals surface area contributed by atoms with Crippen LogP contribution in [0.5, 0.6) is 0 Å². The summed E-state index contributed by atoms with van der Waals surface area (Å²) < 4.78 is 45.0. The van der Waals surface area contributed by atoms with Gasteiger partial charge < -0.3 is 19.4 Å². The zero-order valence-electron chi connectivity index (χ0n) is 20.0. The molecule has 1 saturated heterocycles. The van der Waals surface area contributed by atoms with E-state index >= 15 is 0 Å². The highest BCUT2D eigenvalue weighted by Crippen LogP contribution is 2.36. The molecule has 4 heterocycles. The van der Waals surface area contributed by atoms with Crippen LogP contribution >= 0.6 is 11.6 Å². The smallest absolute Gasteiger partial charge is 0.379 e. The Morgan fingerprint density at radius 2 is 2.11 bits per heavy atom. The van der Waals surface area contributed by atoms with Crippen molar-refractivity contribution in [1.29, 1.82) is 0 Å². The van der Waals surface area contributed by atoms with Gasteiger partial charge in [-0.1, -0.05) is 11.6 Å². The number of carbonyl (C=O) groups excluding carboxylic acids is 3. The Bertz CT molecular complexity index is 1150. The molecule has 0 aromatic carbocycles.